The molecule has 106 valence electrons. The Morgan fingerprint density at radius 1 is 1.45 bits per heavy atom. The smallest absolute Gasteiger partial charge is 0.226 e. The molecule has 1 aromatic carbocycles. The Kier molecular flexibility index (Phi) is 4.05. The van der Waals surface area contributed by atoms with E-state index in [1.165, 1.54) is 12.8 Å². The van der Waals surface area contributed by atoms with E-state index in [1.54, 1.807) is 6.26 Å². The number of halogens is 1. The van der Waals surface area contributed by atoms with E-state index in [-0.39, 0.29) is 0 Å². The molecule has 0 amide bonds. The van der Waals surface area contributed by atoms with Gasteiger partial charge in [-0.25, -0.2) is 4.98 Å². The average Bonchev–Trinajstić information content (AvgIpc) is 3.08. The van der Waals surface area contributed by atoms with E-state index in [9.17, 15) is 0 Å². The molecule has 0 aliphatic carbocycles. The molecule has 3 rings (SSSR count). The van der Waals surface area contributed by atoms with Gasteiger partial charge in [0.2, 0.25) is 5.89 Å². The summed E-state index contributed by atoms with van der Waals surface area (Å²) in [7, 11) is 0. The molecule has 1 unspecified atom stereocenters. The first-order valence-corrected chi connectivity index (χ1v) is 7.28. The SMILES string of the molecule is NCC1CCCN1Cc1coc(-c2cccc(Cl)c2)n1. The van der Waals surface area contributed by atoms with Crippen molar-refractivity contribution in [2.75, 3.05) is 13.1 Å². The number of hydrogen-bond donors (Lipinski definition) is 1. The first-order valence-electron chi connectivity index (χ1n) is 6.91. The molecule has 0 bridgehead atoms. The number of nitrogens with two attached hydrogens (primary N) is 1. The molecule has 20 heavy (non-hydrogen) atoms. The molecule has 1 aromatic heterocycles. The largest absolute Gasteiger partial charge is 0.444 e. The molecule has 4 nitrogen and oxygen atoms in total. The average molecular weight is 292 g/mol. The molecule has 1 fully saturated rings. The van der Waals surface area contributed by atoms with Crippen LogP contribution in [0.15, 0.2) is 34.9 Å². The van der Waals surface area contributed by atoms with Crippen LogP contribution in [-0.4, -0.2) is 29.0 Å². The summed E-state index contributed by atoms with van der Waals surface area (Å²) < 4.78 is 5.56. The first-order chi connectivity index (χ1) is 9.76. The number of aromatic nitrogens is 1. The van der Waals surface area contributed by atoms with E-state index in [2.05, 4.69) is 9.88 Å². The lowest BCUT2D eigenvalue weighted by Crippen LogP contribution is -2.34. The van der Waals surface area contributed by atoms with Gasteiger partial charge < -0.3 is 10.2 Å². The molecule has 5 heteroatoms. The van der Waals surface area contributed by atoms with Gasteiger partial charge in [-0.05, 0) is 37.6 Å². The lowest BCUT2D eigenvalue weighted by molar-refractivity contribution is 0.247. The van der Waals surface area contributed by atoms with Crippen LogP contribution in [0.3, 0.4) is 0 Å². The summed E-state index contributed by atoms with van der Waals surface area (Å²) in [5, 5.41) is 0.685. The second-order valence-electron chi connectivity index (χ2n) is 5.16. The van der Waals surface area contributed by atoms with E-state index in [0.29, 0.717) is 23.5 Å². The molecule has 1 atom stereocenters. The van der Waals surface area contributed by atoms with Crippen molar-refractivity contribution in [1.29, 1.82) is 0 Å². The van der Waals surface area contributed by atoms with Crippen LogP contribution in [0.1, 0.15) is 18.5 Å². The Morgan fingerprint density at radius 3 is 3.15 bits per heavy atom. The van der Waals surface area contributed by atoms with Gasteiger partial charge in [0, 0.05) is 29.7 Å². The van der Waals surface area contributed by atoms with Crippen LogP contribution in [0, 0.1) is 0 Å². The van der Waals surface area contributed by atoms with Gasteiger partial charge in [-0.3, -0.25) is 4.90 Å². The summed E-state index contributed by atoms with van der Waals surface area (Å²) in [6.07, 6.45) is 4.11. The second-order valence-corrected chi connectivity index (χ2v) is 5.59. The Balaban J connectivity index is 1.74. The number of likely N-dealkylation sites (tertiary alicyclic amines) is 1. The Hall–Kier alpha value is -1.36. The van der Waals surface area contributed by atoms with Crippen LogP contribution < -0.4 is 5.73 Å². The minimum absolute atomic E-state index is 0.473. The Labute approximate surface area is 123 Å². The van der Waals surface area contributed by atoms with Gasteiger partial charge in [0.1, 0.15) is 6.26 Å². The van der Waals surface area contributed by atoms with Crippen LogP contribution in [0.4, 0.5) is 0 Å². The number of nitrogens with zero attached hydrogens (tertiary/aromatic N) is 2. The highest BCUT2D eigenvalue weighted by Crippen LogP contribution is 2.24. The van der Waals surface area contributed by atoms with Gasteiger partial charge in [0.05, 0.1) is 5.69 Å². The van der Waals surface area contributed by atoms with Crippen LogP contribution in [0.5, 0.6) is 0 Å². The third-order valence-corrected chi connectivity index (χ3v) is 3.99. The quantitative estimate of drug-likeness (QED) is 0.941. The Bertz CT molecular complexity index is 584. The zero-order valence-corrected chi connectivity index (χ0v) is 12.0. The highest BCUT2D eigenvalue weighted by molar-refractivity contribution is 6.30. The zero-order valence-electron chi connectivity index (χ0n) is 11.3. The van der Waals surface area contributed by atoms with E-state index in [1.807, 2.05) is 24.3 Å². The summed E-state index contributed by atoms with van der Waals surface area (Å²) in [5.74, 6) is 0.617. The fraction of sp³-hybridized carbons (Fsp3) is 0.400. The highest BCUT2D eigenvalue weighted by Gasteiger charge is 2.24. The summed E-state index contributed by atoms with van der Waals surface area (Å²) in [6.45, 7) is 2.59. The molecule has 2 N–H and O–H groups in total. The third kappa shape index (κ3) is 2.87. The van der Waals surface area contributed by atoms with E-state index in [0.717, 1.165) is 24.3 Å². The second kappa shape index (κ2) is 5.95. The predicted molar refractivity (Wildman–Crippen MR) is 79.4 cm³/mol. The minimum Gasteiger partial charge on any atom is -0.444 e. The van der Waals surface area contributed by atoms with E-state index >= 15 is 0 Å². The molecule has 0 spiro atoms. The standard InChI is InChI=1S/C15H18ClN3O/c16-12-4-1-3-11(7-12)15-18-13(10-20-15)9-19-6-2-5-14(19)8-17/h1,3-4,7,10,14H,2,5-6,8-9,17H2. The zero-order chi connectivity index (χ0) is 13.9. The van der Waals surface area contributed by atoms with E-state index in [4.69, 9.17) is 21.8 Å². The van der Waals surface area contributed by atoms with Gasteiger partial charge >= 0.3 is 0 Å². The molecule has 1 aliphatic heterocycles. The summed E-state index contributed by atoms with van der Waals surface area (Å²) in [4.78, 5) is 6.92. The molecular weight excluding hydrogens is 274 g/mol. The maximum absolute atomic E-state index is 5.99. The maximum Gasteiger partial charge on any atom is 0.226 e. The number of oxazole rings is 1. The molecule has 0 radical (unpaired) electrons. The summed E-state index contributed by atoms with van der Waals surface area (Å²) in [6, 6.07) is 8.01. The number of hydrogen-bond acceptors (Lipinski definition) is 4. The third-order valence-electron chi connectivity index (χ3n) is 3.76. The lowest BCUT2D eigenvalue weighted by Gasteiger charge is -2.21. The van der Waals surface area contributed by atoms with Crippen LogP contribution in [0.25, 0.3) is 11.5 Å². The van der Waals surface area contributed by atoms with Gasteiger partial charge in [-0.1, -0.05) is 17.7 Å². The molecule has 2 heterocycles. The summed E-state index contributed by atoms with van der Waals surface area (Å²) in [5.41, 5.74) is 7.64. The van der Waals surface area contributed by atoms with Crippen molar-refractivity contribution < 1.29 is 4.42 Å². The maximum atomic E-state index is 5.99. The van der Waals surface area contributed by atoms with Crippen LogP contribution in [-0.2, 0) is 6.54 Å². The van der Waals surface area contributed by atoms with Crippen molar-refractivity contribution in [2.24, 2.45) is 5.73 Å². The van der Waals surface area contributed by atoms with Crippen molar-refractivity contribution in [1.82, 2.24) is 9.88 Å². The molecule has 0 saturated carbocycles. The predicted octanol–water partition coefficient (Wildman–Crippen LogP) is 2.92. The normalized spacial score (nSPS) is 19.6. The van der Waals surface area contributed by atoms with Crippen LogP contribution >= 0.6 is 11.6 Å². The first kappa shape index (κ1) is 13.6. The van der Waals surface area contributed by atoms with Crippen molar-refractivity contribution in [3.05, 3.63) is 41.2 Å². The van der Waals surface area contributed by atoms with Gasteiger partial charge in [-0.2, -0.15) is 0 Å². The fourth-order valence-electron chi connectivity index (χ4n) is 2.71. The fourth-order valence-corrected chi connectivity index (χ4v) is 2.90. The Morgan fingerprint density at radius 2 is 2.35 bits per heavy atom. The van der Waals surface area contributed by atoms with Gasteiger partial charge in [0.25, 0.3) is 0 Å². The minimum atomic E-state index is 0.473. The van der Waals surface area contributed by atoms with Crippen molar-refractivity contribution in [3.8, 4) is 11.5 Å². The van der Waals surface area contributed by atoms with Gasteiger partial charge in [-0.15, -0.1) is 0 Å². The van der Waals surface area contributed by atoms with E-state index < -0.39 is 0 Å². The number of benzene rings is 1. The topological polar surface area (TPSA) is 55.3 Å². The van der Waals surface area contributed by atoms with Crippen molar-refractivity contribution in [3.63, 3.8) is 0 Å². The van der Waals surface area contributed by atoms with Crippen LogP contribution in [0.2, 0.25) is 5.02 Å². The molecular formula is C15H18ClN3O. The monoisotopic (exact) mass is 291 g/mol. The van der Waals surface area contributed by atoms with Crippen molar-refractivity contribution in [2.45, 2.75) is 25.4 Å². The highest BCUT2D eigenvalue weighted by atomic mass is 35.5. The molecule has 1 saturated heterocycles. The number of rotatable bonds is 4. The molecule has 1 aliphatic rings. The van der Waals surface area contributed by atoms with Gasteiger partial charge in [0.15, 0.2) is 0 Å². The van der Waals surface area contributed by atoms with Crippen molar-refractivity contribution >= 4 is 11.6 Å². The summed E-state index contributed by atoms with van der Waals surface area (Å²) >= 11 is 5.99. The lowest BCUT2D eigenvalue weighted by atomic mass is 10.2. The molecule has 2 aromatic rings.